The minimum atomic E-state index is -3.38. The van der Waals surface area contributed by atoms with Crippen molar-refractivity contribution >= 4 is 33.5 Å². The van der Waals surface area contributed by atoms with Gasteiger partial charge in [-0.2, -0.15) is 11.8 Å². The standard InChI is InChI=1S/C33H46N2O6S2/c1-23-9-7-8-12-28(23)30-17-25(13-14-29(30)32(36)34-31(33(37)38)15-16-43(3,39)40)19-35-20-27(18-26(35)21-41-2)42-22-24-10-5-4-6-11-24/h7-9,12-14,17,24,26-27,31H,4-6,10-11,15-16,18-22H2,1-3H3,(H,34,36)(H,37,38). The van der Waals surface area contributed by atoms with E-state index < -0.39 is 27.8 Å². The number of methoxy groups -OCH3 is 1. The molecule has 0 spiro atoms. The molecule has 1 heterocycles. The molecule has 0 radical (unpaired) electrons. The highest BCUT2D eigenvalue weighted by molar-refractivity contribution is 7.99. The highest BCUT2D eigenvalue weighted by atomic mass is 32.2. The van der Waals surface area contributed by atoms with Crippen LogP contribution < -0.4 is 5.32 Å². The Labute approximate surface area is 260 Å². The Bertz CT molecular complexity index is 1360. The lowest BCUT2D eigenvalue weighted by Gasteiger charge is -2.25. The fourth-order valence-electron chi connectivity index (χ4n) is 6.29. The van der Waals surface area contributed by atoms with Crippen LogP contribution >= 0.6 is 11.8 Å². The molecular formula is C33H46N2O6S2. The van der Waals surface area contributed by atoms with E-state index in [-0.39, 0.29) is 12.2 Å². The Balaban J connectivity index is 1.54. The highest BCUT2D eigenvalue weighted by Gasteiger charge is 2.33. The summed E-state index contributed by atoms with van der Waals surface area (Å²) in [6, 6.07) is 12.6. The number of sulfone groups is 1. The van der Waals surface area contributed by atoms with Crippen molar-refractivity contribution in [2.24, 2.45) is 5.92 Å². The lowest BCUT2D eigenvalue weighted by molar-refractivity contribution is -0.139. The normalized spacial score (nSPS) is 20.6. The van der Waals surface area contributed by atoms with Crippen molar-refractivity contribution in [1.29, 1.82) is 0 Å². The van der Waals surface area contributed by atoms with Crippen LogP contribution in [-0.2, 0) is 25.9 Å². The molecule has 1 aliphatic heterocycles. The van der Waals surface area contributed by atoms with Gasteiger partial charge in [-0.25, -0.2) is 13.2 Å². The number of hydrogen-bond donors (Lipinski definition) is 2. The van der Waals surface area contributed by atoms with Crippen LogP contribution in [-0.4, -0.2) is 85.7 Å². The van der Waals surface area contributed by atoms with Gasteiger partial charge in [0.2, 0.25) is 0 Å². The van der Waals surface area contributed by atoms with Crippen LogP contribution in [0, 0.1) is 12.8 Å². The third kappa shape index (κ3) is 9.80. The average molecular weight is 631 g/mol. The number of carboxylic acid groups (broad SMARTS) is 1. The summed E-state index contributed by atoms with van der Waals surface area (Å²) < 4.78 is 28.9. The summed E-state index contributed by atoms with van der Waals surface area (Å²) in [5.41, 5.74) is 4.05. The van der Waals surface area contributed by atoms with E-state index in [0.717, 1.165) is 53.9 Å². The Morgan fingerprint density at radius 3 is 2.53 bits per heavy atom. The number of likely N-dealkylation sites (tertiary alicyclic amines) is 1. The van der Waals surface area contributed by atoms with Crippen LogP contribution in [0.15, 0.2) is 42.5 Å². The van der Waals surface area contributed by atoms with Gasteiger partial charge in [0.25, 0.3) is 5.91 Å². The Morgan fingerprint density at radius 1 is 1.12 bits per heavy atom. The maximum atomic E-state index is 13.5. The van der Waals surface area contributed by atoms with Gasteiger partial charge in [0, 0.05) is 43.3 Å². The number of aryl methyl sites for hydroxylation is 1. The molecule has 1 amide bonds. The number of carbonyl (C=O) groups excluding carboxylic acids is 1. The second-order valence-corrected chi connectivity index (χ2v) is 15.8. The van der Waals surface area contributed by atoms with E-state index >= 15 is 0 Å². The summed E-state index contributed by atoms with van der Waals surface area (Å²) in [6.45, 7) is 4.38. The summed E-state index contributed by atoms with van der Waals surface area (Å²) in [4.78, 5) is 27.8. The molecule has 2 aromatic carbocycles. The Hall–Kier alpha value is -2.40. The van der Waals surface area contributed by atoms with E-state index in [4.69, 9.17) is 4.74 Å². The van der Waals surface area contributed by atoms with Crippen LogP contribution in [0.3, 0.4) is 0 Å². The molecule has 3 unspecified atom stereocenters. The Kier molecular flexibility index (Phi) is 12.1. The molecular weight excluding hydrogens is 585 g/mol. The largest absolute Gasteiger partial charge is 0.480 e. The van der Waals surface area contributed by atoms with E-state index in [2.05, 4.69) is 22.0 Å². The molecule has 2 fully saturated rings. The van der Waals surface area contributed by atoms with Gasteiger partial charge in [-0.05, 0) is 78.7 Å². The fraction of sp³-hybridized carbons (Fsp3) is 0.576. The van der Waals surface area contributed by atoms with E-state index in [0.29, 0.717) is 23.5 Å². The van der Waals surface area contributed by atoms with Crippen LogP contribution in [0.2, 0.25) is 0 Å². The number of aliphatic carboxylic acids is 1. The van der Waals surface area contributed by atoms with Gasteiger partial charge < -0.3 is 15.2 Å². The minimum absolute atomic E-state index is 0.201. The van der Waals surface area contributed by atoms with Gasteiger partial charge in [-0.1, -0.05) is 49.6 Å². The minimum Gasteiger partial charge on any atom is -0.480 e. The monoisotopic (exact) mass is 630 g/mol. The summed E-state index contributed by atoms with van der Waals surface area (Å²) >= 11 is 2.12. The quantitative estimate of drug-likeness (QED) is 0.294. The number of benzene rings is 2. The zero-order valence-electron chi connectivity index (χ0n) is 25.6. The van der Waals surface area contributed by atoms with Gasteiger partial charge in [-0.15, -0.1) is 0 Å². The molecule has 1 saturated carbocycles. The van der Waals surface area contributed by atoms with Crippen LogP contribution in [0.4, 0.5) is 0 Å². The van der Waals surface area contributed by atoms with E-state index in [1.165, 1.54) is 37.9 Å². The van der Waals surface area contributed by atoms with E-state index in [1.807, 2.05) is 43.3 Å². The van der Waals surface area contributed by atoms with Gasteiger partial charge >= 0.3 is 5.97 Å². The number of thioether (sulfide) groups is 1. The molecule has 2 aliphatic rings. The van der Waals surface area contributed by atoms with Crippen molar-refractivity contribution < 1.29 is 27.9 Å². The van der Waals surface area contributed by atoms with Gasteiger partial charge in [-0.3, -0.25) is 9.69 Å². The first-order chi connectivity index (χ1) is 20.5. The first kappa shape index (κ1) is 33.5. The number of hydrogen-bond acceptors (Lipinski definition) is 7. The van der Waals surface area contributed by atoms with Gasteiger partial charge in [0.05, 0.1) is 12.4 Å². The predicted molar refractivity (Wildman–Crippen MR) is 173 cm³/mol. The predicted octanol–water partition coefficient (Wildman–Crippen LogP) is 5.18. The third-order valence-electron chi connectivity index (χ3n) is 8.67. The van der Waals surface area contributed by atoms with Crippen molar-refractivity contribution in [2.75, 3.05) is 38.0 Å². The topological polar surface area (TPSA) is 113 Å². The number of rotatable bonds is 14. The first-order valence-corrected chi connectivity index (χ1v) is 18.4. The highest BCUT2D eigenvalue weighted by Crippen LogP contribution is 2.35. The number of carboxylic acids is 1. The van der Waals surface area contributed by atoms with Gasteiger partial charge in [0.15, 0.2) is 0 Å². The molecule has 8 nitrogen and oxygen atoms in total. The fourth-order valence-corrected chi connectivity index (χ4v) is 8.49. The van der Waals surface area contributed by atoms with Gasteiger partial charge in [0.1, 0.15) is 15.9 Å². The average Bonchev–Trinajstić information content (AvgIpc) is 3.35. The summed E-state index contributed by atoms with van der Waals surface area (Å²) in [5.74, 6) is -0.0487. The first-order valence-electron chi connectivity index (χ1n) is 15.3. The molecule has 0 bridgehead atoms. The van der Waals surface area contributed by atoms with Crippen molar-refractivity contribution in [3.8, 4) is 11.1 Å². The number of nitrogens with one attached hydrogen (secondary N) is 1. The van der Waals surface area contributed by atoms with Crippen molar-refractivity contribution in [2.45, 2.75) is 75.7 Å². The lowest BCUT2D eigenvalue weighted by atomic mass is 9.91. The summed E-state index contributed by atoms with van der Waals surface area (Å²) in [6.07, 6.45) is 8.77. The SMILES string of the molecule is COCC1CC(SCC2CCCCC2)CN1Cc1ccc(C(=O)NC(CCS(C)(=O)=O)C(=O)O)c(-c2ccccc2C)c1. The molecule has 4 rings (SSSR count). The zero-order chi connectivity index (χ0) is 31.0. The van der Waals surface area contributed by atoms with Crippen molar-refractivity contribution in [3.05, 3.63) is 59.2 Å². The molecule has 1 saturated heterocycles. The van der Waals surface area contributed by atoms with Crippen molar-refractivity contribution in [3.63, 3.8) is 0 Å². The number of amides is 1. The van der Waals surface area contributed by atoms with Crippen LogP contribution in [0.5, 0.6) is 0 Å². The second kappa shape index (κ2) is 15.5. The molecule has 1 aliphatic carbocycles. The zero-order valence-corrected chi connectivity index (χ0v) is 27.2. The van der Waals surface area contributed by atoms with Crippen LogP contribution in [0.1, 0.15) is 66.4 Å². The maximum absolute atomic E-state index is 13.5. The van der Waals surface area contributed by atoms with E-state index in [9.17, 15) is 23.1 Å². The molecule has 236 valence electrons. The van der Waals surface area contributed by atoms with E-state index in [1.54, 1.807) is 13.2 Å². The third-order valence-corrected chi connectivity index (χ3v) is 11.1. The Morgan fingerprint density at radius 2 is 1.86 bits per heavy atom. The number of carbonyl (C=O) groups is 2. The molecule has 2 N–H and O–H groups in total. The molecule has 0 aromatic heterocycles. The van der Waals surface area contributed by atoms with Crippen LogP contribution in [0.25, 0.3) is 11.1 Å². The molecule has 2 aromatic rings. The number of ether oxygens (including phenoxy) is 1. The second-order valence-electron chi connectivity index (χ2n) is 12.2. The molecule has 3 atom stereocenters. The van der Waals surface area contributed by atoms with Crippen molar-refractivity contribution in [1.82, 2.24) is 10.2 Å². The molecule has 10 heteroatoms. The summed E-state index contributed by atoms with van der Waals surface area (Å²) in [7, 11) is -1.62. The molecule has 43 heavy (non-hydrogen) atoms. The summed E-state index contributed by atoms with van der Waals surface area (Å²) in [5, 5.41) is 12.8. The smallest absolute Gasteiger partial charge is 0.326 e. The maximum Gasteiger partial charge on any atom is 0.326 e. The lowest BCUT2D eigenvalue weighted by Crippen LogP contribution is -2.42. The number of nitrogens with zero attached hydrogens (tertiary/aromatic N) is 1.